The lowest BCUT2D eigenvalue weighted by Gasteiger charge is -2.27. The van der Waals surface area contributed by atoms with Gasteiger partial charge in [0.15, 0.2) is 0 Å². The van der Waals surface area contributed by atoms with Crippen LogP contribution < -0.4 is 11.1 Å². The van der Waals surface area contributed by atoms with E-state index in [-0.39, 0.29) is 17.5 Å². The molecule has 1 aliphatic rings. The summed E-state index contributed by atoms with van der Waals surface area (Å²) in [5, 5.41) is 3.32. The maximum Gasteiger partial charge on any atom is 0.129 e. The van der Waals surface area contributed by atoms with Crippen molar-refractivity contribution in [3.63, 3.8) is 0 Å². The Morgan fingerprint density at radius 1 is 1.58 bits per heavy atom. The summed E-state index contributed by atoms with van der Waals surface area (Å²) in [7, 11) is 0. The van der Waals surface area contributed by atoms with Crippen LogP contribution >= 0.6 is 15.9 Å². The van der Waals surface area contributed by atoms with Gasteiger partial charge in [0.05, 0.1) is 5.60 Å². The Hall–Kier alpha value is -0.490. The lowest BCUT2D eigenvalue weighted by Crippen LogP contribution is -2.41. The molecule has 2 unspecified atom stereocenters. The first-order valence-corrected chi connectivity index (χ1v) is 7.36. The van der Waals surface area contributed by atoms with Crippen molar-refractivity contribution in [3.05, 3.63) is 34.1 Å². The monoisotopic (exact) mass is 330 g/mol. The average Bonchev–Trinajstić information content (AvgIpc) is 2.79. The zero-order valence-corrected chi connectivity index (χ0v) is 12.7. The molecule has 0 spiro atoms. The van der Waals surface area contributed by atoms with Gasteiger partial charge in [-0.3, -0.25) is 0 Å². The van der Waals surface area contributed by atoms with E-state index in [1.807, 2.05) is 6.07 Å². The van der Waals surface area contributed by atoms with Crippen LogP contribution in [0.1, 0.15) is 31.4 Å². The third-order valence-electron chi connectivity index (χ3n) is 3.60. The van der Waals surface area contributed by atoms with Crippen molar-refractivity contribution < 1.29 is 9.13 Å². The van der Waals surface area contributed by atoms with Crippen molar-refractivity contribution in [1.29, 1.82) is 0 Å². The Morgan fingerprint density at radius 2 is 2.37 bits per heavy atom. The highest BCUT2D eigenvalue weighted by Gasteiger charge is 2.30. The summed E-state index contributed by atoms with van der Waals surface area (Å²) in [4.78, 5) is 0. The third-order valence-corrected chi connectivity index (χ3v) is 4.09. The largest absolute Gasteiger partial charge is 0.374 e. The van der Waals surface area contributed by atoms with Gasteiger partial charge in [-0.05, 0) is 31.9 Å². The van der Waals surface area contributed by atoms with Crippen LogP contribution in [0.15, 0.2) is 22.7 Å². The first-order valence-electron chi connectivity index (χ1n) is 6.56. The van der Waals surface area contributed by atoms with E-state index in [2.05, 4.69) is 28.2 Å². The van der Waals surface area contributed by atoms with Gasteiger partial charge < -0.3 is 15.8 Å². The van der Waals surface area contributed by atoms with E-state index in [9.17, 15) is 4.39 Å². The van der Waals surface area contributed by atoms with Crippen LogP contribution in [0.5, 0.6) is 0 Å². The Bertz CT molecular complexity index is 435. The van der Waals surface area contributed by atoms with Crippen LogP contribution in [-0.2, 0) is 4.74 Å². The molecular weight excluding hydrogens is 311 g/mol. The lowest BCUT2D eigenvalue weighted by molar-refractivity contribution is 0.0188. The summed E-state index contributed by atoms with van der Waals surface area (Å²) in [6.07, 6.45) is 2.11. The zero-order valence-electron chi connectivity index (χ0n) is 11.1. The van der Waals surface area contributed by atoms with E-state index >= 15 is 0 Å². The smallest absolute Gasteiger partial charge is 0.129 e. The molecule has 5 heteroatoms. The van der Waals surface area contributed by atoms with Gasteiger partial charge in [0.2, 0.25) is 0 Å². The third kappa shape index (κ3) is 3.75. The van der Waals surface area contributed by atoms with Crippen LogP contribution in [0.3, 0.4) is 0 Å². The van der Waals surface area contributed by atoms with E-state index in [0.717, 1.165) is 23.9 Å². The number of ether oxygens (including phenoxy) is 1. The fourth-order valence-corrected chi connectivity index (χ4v) is 2.75. The van der Waals surface area contributed by atoms with E-state index in [0.29, 0.717) is 18.7 Å². The molecule has 2 atom stereocenters. The topological polar surface area (TPSA) is 47.3 Å². The van der Waals surface area contributed by atoms with Crippen LogP contribution in [0.4, 0.5) is 4.39 Å². The number of nitrogens with two attached hydrogens (primary N) is 1. The summed E-state index contributed by atoms with van der Waals surface area (Å²) in [5.41, 5.74) is 6.21. The van der Waals surface area contributed by atoms with Gasteiger partial charge in [-0.2, -0.15) is 0 Å². The van der Waals surface area contributed by atoms with Crippen LogP contribution in [-0.4, -0.2) is 25.3 Å². The van der Waals surface area contributed by atoms with Crippen molar-refractivity contribution in [1.82, 2.24) is 5.32 Å². The molecule has 1 aromatic carbocycles. The summed E-state index contributed by atoms with van der Waals surface area (Å²) >= 11 is 3.26. The SMILES string of the molecule is CC1(CNC(CN)c2ccc(Br)cc2F)CCCO1. The number of rotatable bonds is 5. The second-order valence-corrected chi connectivity index (χ2v) is 6.15. The molecule has 2 rings (SSSR count). The molecule has 0 aromatic heterocycles. The minimum atomic E-state index is -0.241. The van der Waals surface area contributed by atoms with Gasteiger partial charge in [-0.25, -0.2) is 4.39 Å². The van der Waals surface area contributed by atoms with E-state index in [1.54, 1.807) is 6.07 Å². The van der Waals surface area contributed by atoms with Crippen LogP contribution in [0, 0.1) is 5.82 Å². The molecule has 1 saturated heterocycles. The van der Waals surface area contributed by atoms with Gasteiger partial charge in [0.1, 0.15) is 5.82 Å². The highest BCUT2D eigenvalue weighted by Crippen LogP contribution is 2.26. The van der Waals surface area contributed by atoms with Gasteiger partial charge >= 0.3 is 0 Å². The Balaban J connectivity index is 2.03. The average molecular weight is 331 g/mol. The van der Waals surface area contributed by atoms with Gasteiger partial charge in [0.25, 0.3) is 0 Å². The van der Waals surface area contributed by atoms with Gasteiger partial charge in [-0.1, -0.05) is 22.0 Å². The molecule has 0 saturated carbocycles. The van der Waals surface area contributed by atoms with E-state index in [1.165, 1.54) is 6.07 Å². The fraction of sp³-hybridized carbons (Fsp3) is 0.571. The molecule has 1 aliphatic heterocycles. The Labute approximate surface area is 121 Å². The first-order chi connectivity index (χ1) is 9.04. The molecule has 1 fully saturated rings. The van der Waals surface area contributed by atoms with Crippen molar-refractivity contribution in [3.8, 4) is 0 Å². The summed E-state index contributed by atoms with van der Waals surface area (Å²) in [6, 6.07) is 4.88. The van der Waals surface area contributed by atoms with Crippen molar-refractivity contribution >= 4 is 15.9 Å². The molecular formula is C14H20BrFN2O. The summed E-state index contributed by atoms with van der Waals surface area (Å²) in [6.45, 7) is 3.93. The Kier molecular flexibility index (Phi) is 4.95. The van der Waals surface area contributed by atoms with Gasteiger partial charge in [-0.15, -0.1) is 0 Å². The number of hydrogen-bond donors (Lipinski definition) is 2. The van der Waals surface area contributed by atoms with Gasteiger partial charge in [0, 0.05) is 35.8 Å². The molecule has 0 bridgehead atoms. The molecule has 19 heavy (non-hydrogen) atoms. The van der Waals surface area contributed by atoms with Crippen LogP contribution in [0.25, 0.3) is 0 Å². The second kappa shape index (κ2) is 6.31. The summed E-state index contributed by atoms with van der Waals surface area (Å²) in [5.74, 6) is -0.241. The molecule has 106 valence electrons. The van der Waals surface area contributed by atoms with E-state index in [4.69, 9.17) is 10.5 Å². The molecule has 0 aliphatic carbocycles. The second-order valence-electron chi connectivity index (χ2n) is 5.24. The van der Waals surface area contributed by atoms with Crippen LogP contribution in [0.2, 0.25) is 0 Å². The molecule has 3 nitrogen and oxygen atoms in total. The lowest BCUT2D eigenvalue weighted by atomic mass is 10.0. The molecule has 3 N–H and O–H groups in total. The molecule has 0 radical (unpaired) electrons. The van der Waals surface area contributed by atoms with Crippen molar-refractivity contribution in [2.45, 2.75) is 31.4 Å². The quantitative estimate of drug-likeness (QED) is 0.872. The Morgan fingerprint density at radius 3 is 2.95 bits per heavy atom. The van der Waals surface area contributed by atoms with Crippen molar-refractivity contribution in [2.24, 2.45) is 5.73 Å². The molecule has 1 aromatic rings. The predicted molar refractivity (Wildman–Crippen MR) is 77.5 cm³/mol. The minimum Gasteiger partial charge on any atom is -0.374 e. The zero-order chi connectivity index (χ0) is 13.9. The fourth-order valence-electron chi connectivity index (χ4n) is 2.42. The molecule has 1 heterocycles. The predicted octanol–water partition coefficient (Wildman–Crippen LogP) is 2.75. The highest BCUT2D eigenvalue weighted by atomic mass is 79.9. The number of nitrogens with one attached hydrogen (secondary N) is 1. The standard InChI is InChI=1S/C14H20BrFN2O/c1-14(5-2-6-19-14)9-18-13(8-17)11-4-3-10(15)7-12(11)16/h3-4,7,13,18H,2,5-6,8-9,17H2,1H3. The normalized spacial score (nSPS) is 24.6. The van der Waals surface area contributed by atoms with E-state index < -0.39 is 0 Å². The number of benzene rings is 1. The molecule has 0 amide bonds. The summed E-state index contributed by atoms with van der Waals surface area (Å²) < 4.78 is 20.4. The minimum absolute atomic E-state index is 0.154. The number of halogens is 2. The maximum atomic E-state index is 13.9. The van der Waals surface area contributed by atoms with Crippen molar-refractivity contribution in [2.75, 3.05) is 19.7 Å². The number of hydrogen-bond acceptors (Lipinski definition) is 3. The maximum absolute atomic E-state index is 13.9. The first kappa shape index (κ1) is 14.9. The highest BCUT2D eigenvalue weighted by molar-refractivity contribution is 9.10.